The van der Waals surface area contributed by atoms with Crippen LogP contribution >= 0.6 is 12.4 Å². The van der Waals surface area contributed by atoms with Crippen molar-refractivity contribution >= 4 is 18.3 Å². The third kappa shape index (κ3) is 4.82. The molecule has 1 aliphatic rings. The van der Waals surface area contributed by atoms with Gasteiger partial charge in [-0.3, -0.25) is 4.79 Å². The highest BCUT2D eigenvalue weighted by Gasteiger charge is 2.18. The van der Waals surface area contributed by atoms with E-state index >= 15 is 0 Å². The van der Waals surface area contributed by atoms with Crippen LogP contribution in [0.3, 0.4) is 0 Å². The van der Waals surface area contributed by atoms with Gasteiger partial charge in [0.15, 0.2) is 0 Å². The standard InChI is InChI=1S/C10H20N2O.ClH/c1-2-10(13)12-7-8-3-5-9(11)6-4-8;/h8-9H,2-7,11H2,1H3,(H,12,13);1H. The molecule has 0 atom stereocenters. The molecule has 1 amide bonds. The summed E-state index contributed by atoms with van der Waals surface area (Å²) in [7, 11) is 0. The molecule has 0 heterocycles. The number of carbonyl (C=O) groups is 1. The van der Waals surface area contributed by atoms with Crippen LogP contribution < -0.4 is 11.1 Å². The molecule has 0 aliphatic heterocycles. The van der Waals surface area contributed by atoms with Gasteiger partial charge in [-0.05, 0) is 31.6 Å². The van der Waals surface area contributed by atoms with Gasteiger partial charge in [-0.15, -0.1) is 12.4 Å². The normalized spacial score (nSPS) is 26.4. The number of carbonyl (C=O) groups excluding carboxylic acids is 1. The second-order valence-corrected chi connectivity index (χ2v) is 3.94. The molecule has 0 saturated heterocycles. The SMILES string of the molecule is CCC(=O)NCC1CCC(N)CC1.Cl. The van der Waals surface area contributed by atoms with Gasteiger partial charge in [0.25, 0.3) is 0 Å². The summed E-state index contributed by atoms with van der Waals surface area (Å²) in [6, 6.07) is 0.401. The minimum atomic E-state index is 0. The number of hydrogen-bond acceptors (Lipinski definition) is 2. The fraction of sp³-hybridized carbons (Fsp3) is 0.900. The van der Waals surface area contributed by atoms with Crippen LogP contribution in [0.1, 0.15) is 39.0 Å². The van der Waals surface area contributed by atoms with Crippen molar-refractivity contribution in [1.82, 2.24) is 5.32 Å². The predicted octanol–water partition coefficient (Wildman–Crippen LogP) is 1.45. The van der Waals surface area contributed by atoms with Gasteiger partial charge in [-0.25, -0.2) is 0 Å². The van der Waals surface area contributed by atoms with E-state index < -0.39 is 0 Å². The van der Waals surface area contributed by atoms with Gasteiger partial charge in [0.05, 0.1) is 0 Å². The summed E-state index contributed by atoms with van der Waals surface area (Å²) >= 11 is 0. The molecule has 3 nitrogen and oxygen atoms in total. The van der Waals surface area contributed by atoms with Crippen molar-refractivity contribution in [3.05, 3.63) is 0 Å². The second kappa shape index (κ2) is 7.07. The van der Waals surface area contributed by atoms with Crippen LogP contribution in [-0.2, 0) is 4.79 Å². The number of halogens is 1. The Morgan fingerprint density at radius 2 is 1.93 bits per heavy atom. The van der Waals surface area contributed by atoms with Crippen LogP contribution in [0.2, 0.25) is 0 Å². The van der Waals surface area contributed by atoms with Crippen molar-refractivity contribution in [2.45, 2.75) is 45.1 Å². The average Bonchev–Trinajstić information content (AvgIpc) is 2.16. The zero-order valence-electron chi connectivity index (χ0n) is 8.79. The zero-order valence-corrected chi connectivity index (χ0v) is 9.61. The first-order valence-corrected chi connectivity index (χ1v) is 5.24. The minimum absolute atomic E-state index is 0. The summed E-state index contributed by atoms with van der Waals surface area (Å²) in [6.45, 7) is 2.73. The van der Waals surface area contributed by atoms with E-state index in [1.165, 1.54) is 12.8 Å². The Balaban J connectivity index is 0.00000169. The molecule has 1 rings (SSSR count). The highest BCUT2D eigenvalue weighted by Crippen LogP contribution is 2.22. The lowest BCUT2D eigenvalue weighted by Crippen LogP contribution is -2.33. The summed E-state index contributed by atoms with van der Waals surface area (Å²) in [6.07, 6.45) is 5.17. The van der Waals surface area contributed by atoms with E-state index in [-0.39, 0.29) is 18.3 Å². The maximum Gasteiger partial charge on any atom is 0.219 e. The molecule has 0 spiro atoms. The molecule has 0 unspecified atom stereocenters. The zero-order chi connectivity index (χ0) is 9.68. The molecule has 0 bridgehead atoms. The lowest BCUT2D eigenvalue weighted by molar-refractivity contribution is -0.121. The molecular formula is C10H21ClN2O. The smallest absolute Gasteiger partial charge is 0.219 e. The topological polar surface area (TPSA) is 55.1 Å². The van der Waals surface area contributed by atoms with Gasteiger partial charge >= 0.3 is 0 Å². The quantitative estimate of drug-likeness (QED) is 0.757. The molecule has 3 N–H and O–H groups in total. The van der Waals surface area contributed by atoms with Crippen LogP contribution in [0.5, 0.6) is 0 Å². The highest BCUT2D eigenvalue weighted by molar-refractivity contribution is 5.85. The van der Waals surface area contributed by atoms with E-state index in [1.807, 2.05) is 6.92 Å². The van der Waals surface area contributed by atoms with Crippen LogP contribution in [0.4, 0.5) is 0 Å². The Kier molecular flexibility index (Phi) is 6.93. The van der Waals surface area contributed by atoms with Crippen molar-refractivity contribution in [2.75, 3.05) is 6.54 Å². The fourth-order valence-electron chi connectivity index (χ4n) is 1.78. The summed E-state index contributed by atoms with van der Waals surface area (Å²) < 4.78 is 0. The minimum Gasteiger partial charge on any atom is -0.356 e. The third-order valence-electron chi connectivity index (χ3n) is 2.80. The Bertz CT molecular complexity index is 168. The van der Waals surface area contributed by atoms with Gasteiger partial charge in [0.2, 0.25) is 5.91 Å². The third-order valence-corrected chi connectivity index (χ3v) is 2.80. The van der Waals surface area contributed by atoms with Gasteiger partial charge < -0.3 is 11.1 Å². The molecule has 0 aromatic carbocycles. The van der Waals surface area contributed by atoms with Crippen molar-refractivity contribution in [3.63, 3.8) is 0 Å². The Morgan fingerprint density at radius 1 is 1.36 bits per heavy atom. The van der Waals surface area contributed by atoms with Crippen LogP contribution in [0, 0.1) is 5.92 Å². The predicted molar refractivity (Wildman–Crippen MR) is 60.5 cm³/mol. The van der Waals surface area contributed by atoms with Crippen LogP contribution in [0.25, 0.3) is 0 Å². The first-order valence-electron chi connectivity index (χ1n) is 5.24. The van der Waals surface area contributed by atoms with Crippen molar-refractivity contribution in [1.29, 1.82) is 0 Å². The van der Waals surface area contributed by atoms with E-state index in [9.17, 15) is 4.79 Å². The van der Waals surface area contributed by atoms with Gasteiger partial charge in [0.1, 0.15) is 0 Å². The molecule has 0 aromatic heterocycles. The number of amides is 1. The average molecular weight is 221 g/mol. The van der Waals surface area contributed by atoms with Crippen LogP contribution in [0.15, 0.2) is 0 Å². The van der Waals surface area contributed by atoms with E-state index in [4.69, 9.17) is 5.73 Å². The fourth-order valence-corrected chi connectivity index (χ4v) is 1.78. The van der Waals surface area contributed by atoms with Crippen molar-refractivity contribution in [2.24, 2.45) is 11.7 Å². The van der Waals surface area contributed by atoms with E-state index in [1.54, 1.807) is 0 Å². The Hall–Kier alpha value is -0.280. The number of rotatable bonds is 3. The summed E-state index contributed by atoms with van der Waals surface area (Å²) in [5, 5.41) is 2.94. The molecule has 14 heavy (non-hydrogen) atoms. The van der Waals surface area contributed by atoms with Crippen LogP contribution in [-0.4, -0.2) is 18.5 Å². The molecule has 0 radical (unpaired) electrons. The maximum atomic E-state index is 11.0. The van der Waals surface area contributed by atoms with Crippen molar-refractivity contribution in [3.8, 4) is 0 Å². The first-order chi connectivity index (χ1) is 6.22. The Morgan fingerprint density at radius 3 is 2.43 bits per heavy atom. The molecule has 84 valence electrons. The largest absolute Gasteiger partial charge is 0.356 e. The van der Waals surface area contributed by atoms with Gasteiger partial charge in [-0.2, -0.15) is 0 Å². The van der Waals surface area contributed by atoms with E-state index in [0.717, 1.165) is 19.4 Å². The van der Waals surface area contributed by atoms with E-state index in [2.05, 4.69) is 5.32 Å². The maximum absolute atomic E-state index is 11.0. The number of nitrogens with one attached hydrogen (secondary N) is 1. The second-order valence-electron chi connectivity index (χ2n) is 3.94. The van der Waals surface area contributed by atoms with Crippen molar-refractivity contribution < 1.29 is 4.79 Å². The summed E-state index contributed by atoms with van der Waals surface area (Å²) in [5.74, 6) is 0.824. The van der Waals surface area contributed by atoms with E-state index in [0.29, 0.717) is 18.4 Å². The highest BCUT2D eigenvalue weighted by atomic mass is 35.5. The first kappa shape index (κ1) is 13.7. The molecule has 1 aliphatic carbocycles. The molecule has 0 aromatic rings. The number of hydrogen-bond donors (Lipinski definition) is 2. The lowest BCUT2D eigenvalue weighted by atomic mass is 9.86. The summed E-state index contributed by atoms with van der Waals surface area (Å²) in [4.78, 5) is 11.0. The lowest BCUT2D eigenvalue weighted by Gasteiger charge is -2.25. The molecular weight excluding hydrogens is 200 g/mol. The molecule has 1 saturated carbocycles. The Labute approximate surface area is 92.2 Å². The molecule has 4 heteroatoms. The summed E-state index contributed by atoms with van der Waals surface area (Å²) in [5.41, 5.74) is 5.79. The number of nitrogens with two attached hydrogens (primary N) is 1. The monoisotopic (exact) mass is 220 g/mol. The van der Waals surface area contributed by atoms with Gasteiger partial charge in [-0.1, -0.05) is 6.92 Å². The van der Waals surface area contributed by atoms with Gasteiger partial charge in [0, 0.05) is 19.0 Å². The molecule has 1 fully saturated rings.